The average molecular weight is 271 g/mol. The maximum Gasteiger partial charge on any atom is 0.221 e. The second kappa shape index (κ2) is 8.87. The lowest BCUT2D eigenvalue weighted by molar-refractivity contribution is -0.131. The Morgan fingerprint density at radius 2 is 1.89 bits per heavy atom. The number of carbonyl (C=O) groups excluding carboxylic acids is 2. The lowest BCUT2D eigenvalue weighted by Crippen LogP contribution is -2.48. The van der Waals surface area contributed by atoms with Crippen LogP contribution in [-0.4, -0.2) is 74.6 Å². The molecule has 6 heteroatoms. The first-order chi connectivity index (χ1) is 9.13. The summed E-state index contributed by atoms with van der Waals surface area (Å²) in [7, 11) is 1.66. The highest BCUT2D eigenvalue weighted by molar-refractivity contribution is 5.76. The van der Waals surface area contributed by atoms with E-state index in [2.05, 4.69) is 10.2 Å². The van der Waals surface area contributed by atoms with Gasteiger partial charge < -0.3 is 15.0 Å². The topological polar surface area (TPSA) is 61.9 Å². The second-order valence-electron chi connectivity index (χ2n) is 4.79. The number of amides is 2. The largest absolute Gasteiger partial charge is 0.385 e. The van der Waals surface area contributed by atoms with E-state index in [1.807, 2.05) is 4.90 Å². The first-order valence-electron chi connectivity index (χ1n) is 6.87. The zero-order chi connectivity index (χ0) is 14.1. The van der Waals surface area contributed by atoms with E-state index >= 15 is 0 Å². The minimum Gasteiger partial charge on any atom is -0.385 e. The SMILES string of the molecule is COCCCNC(=O)CCN1CCN(C(C)=O)CC1. The average Bonchev–Trinajstić information content (AvgIpc) is 2.42. The molecular weight excluding hydrogens is 246 g/mol. The fourth-order valence-corrected chi connectivity index (χ4v) is 2.08. The molecule has 1 heterocycles. The third kappa shape index (κ3) is 6.54. The summed E-state index contributed by atoms with van der Waals surface area (Å²) in [5.41, 5.74) is 0. The molecule has 110 valence electrons. The van der Waals surface area contributed by atoms with Crippen molar-refractivity contribution in [3.63, 3.8) is 0 Å². The normalized spacial score (nSPS) is 16.4. The molecule has 2 amide bonds. The molecule has 6 nitrogen and oxygen atoms in total. The first-order valence-corrected chi connectivity index (χ1v) is 6.87. The van der Waals surface area contributed by atoms with Crippen molar-refractivity contribution in [2.75, 3.05) is 53.0 Å². The zero-order valence-corrected chi connectivity index (χ0v) is 12.0. The molecule has 0 bridgehead atoms. The lowest BCUT2D eigenvalue weighted by Gasteiger charge is -2.34. The van der Waals surface area contributed by atoms with Gasteiger partial charge in [-0.1, -0.05) is 0 Å². The molecule has 1 aliphatic rings. The Morgan fingerprint density at radius 3 is 2.47 bits per heavy atom. The van der Waals surface area contributed by atoms with Gasteiger partial charge in [-0.2, -0.15) is 0 Å². The van der Waals surface area contributed by atoms with Crippen LogP contribution in [0.3, 0.4) is 0 Å². The molecule has 1 rings (SSSR count). The Morgan fingerprint density at radius 1 is 1.21 bits per heavy atom. The van der Waals surface area contributed by atoms with E-state index in [9.17, 15) is 9.59 Å². The molecular formula is C13H25N3O3. The maximum absolute atomic E-state index is 11.6. The maximum atomic E-state index is 11.6. The van der Waals surface area contributed by atoms with Gasteiger partial charge in [0, 0.05) is 66.3 Å². The number of nitrogens with zero attached hydrogens (tertiary/aromatic N) is 2. The summed E-state index contributed by atoms with van der Waals surface area (Å²) in [6.45, 7) is 6.96. The van der Waals surface area contributed by atoms with Crippen molar-refractivity contribution in [2.24, 2.45) is 0 Å². The van der Waals surface area contributed by atoms with Gasteiger partial charge in [-0.05, 0) is 6.42 Å². The van der Waals surface area contributed by atoms with Gasteiger partial charge in [0.25, 0.3) is 0 Å². The van der Waals surface area contributed by atoms with Crippen LogP contribution < -0.4 is 5.32 Å². The molecule has 0 unspecified atom stereocenters. The van der Waals surface area contributed by atoms with Gasteiger partial charge in [-0.3, -0.25) is 14.5 Å². The zero-order valence-electron chi connectivity index (χ0n) is 12.0. The van der Waals surface area contributed by atoms with Gasteiger partial charge in [0.1, 0.15) is 0 Å². The summed E-state index contributed by atoms with van der Waals surface area (Å²) >= 11 is 0. The van der Waals surface area contributed by atoms with Crippen molar-refractivity contribution in [3.05, 3.63) is 0 Å². The van der Waals surface area contributed by atoms with Crippen LogP contribution in [0.25, 0.3) is 0 Å². The van der Waals surface area contributed by atoms with Crippen LogP contribution in [0.5, 0.6) is 0 Å². The standard InChI is InChI=1S/C13H25N3O3/c1-12(17)16-9-7-15(8-10-16)6-4-13(18)14-5-3-11-19-2/h3-11H2,1-2H3,(H,14,18). The molecule has 1 N–H and O–H groups in total. The molecule has 1 fully saturated rings. The van der Waals surface area contributed by atoms with Gasteiger partial charge in [-0.25, -0.2) is 0 Å². The summed E-state index contributed by atoms with van der Waals surface area (Å²) in [6, 6.07) is 0. The Kier molecular flexibility index (Phi) is 7.43. The summed E-state index contributed by atoms with van der Waals surface area (Å²) in [5, 5.41) is 2.87. The molecule has 0 atom stereocenters. The van der Waals surface area contributed by atoms with Gasteiger partial charge in [0.2, 0.25) is 11.8 Å². The van der Waals surface area contributed by atoms with Crippen LogP contribution in [0.15, 0.2) is 0 Å². The number of carbonyl (C=O) groups is 2. The van der Waals surface area contributed by atoms with E-state index in [1.165, 1.54) is 0 Å². The van der Waals surface area contributed by atoms with Crippen LogP contribution >= 0.6 is 0 Å². The van der Waals surface area contributed by atoms with Crippen LogP contribution in [0.2, 0.25) is 0 Å². The van der Waals surface area contributed by atoms with Gasteiger partial charge in [0.15, 0.2) is 0 Å². The molecule has 1 aliphatic heterocycles. The van der Waals surface area contributed by atoms with Crippen LogP contribution in [-0.2, 0) is 14.3 Å². The lowest BCUT2D eigenvalue weighted by atomic mass is 10.2. The molecule has 0 saturated carbocycles. The number of piperazine rings is 1. The van der Waals surface area contributed by atoms with Crippen molar-refractivity contribution in [3.8, 4) is 0 Å². The third-order valence-electron chi connectivity index (χ3n) is 3.32. The van der Waals surface area contributed by atoms with Gasteiger partial charge >= 0.3 is 0 Å². The fraction of sp³-hybridized carbons (Fsp3) is 0.846. The van der Waals surface area contributed by atoms with E-state index in [0.29, 0.717) is 19.6 Å². The summed E-state index contributed by atoms with van der Waals surface area (Å²) in [6.07, 6.45) is 1.37. The predicted octanol–water partition coefficient (Wildman–Crippen LogP) is -0.307. The highest BCUT2D eigenvalue weighted by atomic mass is 16.5. The van der Waals surface area contributed by atoms with Crippen LogP contribution in [0, 0.1) is 0 Å². The molecule has 1 saturated heterocycles. The Hall–Kier alpha value is -1.14. The van der Waals surface area contributed by atoms with E-state index in [0.717, 1.165) is 39.1 Å². The molecule has 0 aromatic rings. The van der Waals surface area contributed by atoms with Crippen molar-refractivity contribution >= 4 is 11.8 Å². The number of nitrogens with one attached hydrogen (secondary N) is 1. The van der Waals surface area contributed by atoms with Gasteiger partial charge in [-0.15, -0.1) is 0 Å². The Bertz CT molecular complexity index is 289. The quantitative estimate of drug-likeness (QED) is 0.645. The van der Waals surface area contributed by atoms with Crippen molar-refractivity contribution in [1.29, 1.82) is 0 Å². The molecule has 0 aromatic heterocycles. The molecule has 0 radical (unpaired) electrons. The van der Waals surface area contributed by atoms with Crippen molar-refractivity contribution < 1.29 is 14.3 Å². The highest BCUT2D eigenvalue weighted by Gasteiger charge is 2.18. The number of hydrogen-bond donors (Lipinski definition) is 1. The number of rotatable bonds is 7. The molecule has 0 spiro atoms. The van der Waals surface area contributed by atoms with Crippen molar-refractivity contribution in [1.82, 2.24) is 15.1 Å². The Balaban J connectivity index is 2.06. The molecule has 19 heavy (non-hydrogen) atoms. The highest BCUT2D eigenvalue weighted by Crippen LogP contribution is 2.02. The third-order valence-corrected chi connectivity index (χ3v) is 3.32. The summed E-state index contributed by atoms with van der Waals surface area (Å²) < 4.78 is 4.92. The predicted molar refractivity (Wildman–Crippen MR) is 72.8 cm³/mol. The Labute approximate surface area is 115 Å². The number of methoxy groups -OCH3 is 1. The molecule has 0 aromatic carbocycles. The smallest absolute Gasteiger partial charge is 0.221 e. The minimum absolute atomic E-state index is 0.0881. The van der Waals surface area contributed by atoms with Crippen LogP contribution in [0.1, 0.15) is 19.8 Å². The minimum atomic E-state index is 0.0881. The van der Waals surface area contributed by atoms with Crippen LogP contribution in [0.4, 0.5) is 0 Å². The van der Waals surface area contributed by atoms with E-state index in [-0.39, 0.29) is 11.8 Å². The van der Waals surface area contributed by atoms with E-state index in [4.69, 9.17) is 4.74 Å². The second-order valence-corrected chi connectivity index (χ2v) is 4.79. The molecule has 0 aliphatic carbocycles. The van der Waals surface area contributed by atoms with Crippen molar-refractivity contribution in [2.45, 2.75) is 19.8 Å². The number of hydrogen-bond acceptors (Lipinski definition) is 4. The first kappa shape index (κ1) is 15.9. The van der Waals surface area contributed by atoms with E-state index < -0.39 is 0 Å². The fourth-order valence-electron chi connectivity index (χ4n) is 2.08. The summed E-state index contributed by atoms with van der Waals surface area (Å²) in [5.74, 6) is 0.223. The number of ether oxygens (including phenoxy) is 1. The van der Waals surface area contributed by atoms with E-state index in [1.54, 1.807) is 14.0 Å². The summed E-state index contributed by atoms with van der Waals surface area (Å²) in [4.78, 5) is 26.8. The van der Waals surface area contributed by atoms with Gasteiger partial charge in [0.05, 0.1) is 0 Å². The monoisotopic (exact) mass is 271 g/mol.